The van der Waals surface area contributed by atoms with E-state index in [2.05, 4.69) is 24.1 Å². The third-order valence-corrected chi connectivity index (χ3v) is 3.07. The molecule has 0 bridgehead atoms. The molecule has 5 nitrogen and oxygen atoms in total. The Labute approximate surface area is 111 Å². The molecule has 1 aliphatic rings. The summed E-state index contributed by atoms with van der Waals surface area (Å²) in [6.07, 6.45) is 0. The maximum atomic E-state index is 5.55. The first-order chi connectivity index (χ1) is 8.74. The van der Waals surface area contributed by atoms with Crippen LogP contribution in [0, 0.1) is 0 Å². The van der Waals surface area contributed by atoms with Crippen molar-refractivity contribution in [2.45, 2.75) is 25.9 Å². The average Bonchev–Trinajstić information content (AvgIpc) is 2.37. The topological polar surface area (TPSA) is 43.0 Å². The lowest BCUT2D eigenvalue weighted by atomic mass is 10.2. The van der Waals surface area contributed by atoms with E-state index in [0.29, 0.717) is 25.3 Å². The van der Waals surface area contributed by atoms with Crippen molar-refractivity contribution in [2.24, 2.45) is 0 Å². The molecule has 0 saturated carbocycles. The molecule has 0 amide bonds. The number of hydrogen-bond acceptors (Lipinski definition) is 5. The van der Waals surface area contributed by atoms with Gasteiger partial charge in [0.1, 0.15) is 0 Å². The minimum Gasteiger partial charge on any atom is -0.382 e. The quantitative estimate of drug-likeness (QED) is 0.606. The van der Waals surface area contributed by atoms with E-state index in [1.807, 2.05) is 0 Å². The summed E-state index contributed by atoms with van der Waals surface area (Å²) < 4.78 is 16.0. The Morgan fingerprint density at radius 3 is 2.89 bits per heavy atom. The molecule has 0 aromatic heterocycles. The van der Waals surface area contributed by atoms with Crippen LogP contribution in [-0.4, -0.2) is 76.8 Å². The highest BCUT2D eigenvalue weighted by molar-refractivity contribution is 4.77. The van der Waals surface area contributed by atoms with E-state index < -0.39 is 0 Å². The molecule has 0 spiro atoms. The molecule has 5 heteroatoms. The van der Waals surface area contributed by atoms with Crippen molar-refractivity contribution in [3.8, 4) is 0 Å². The predicted octanol–water partition coefficient (Wildman–Crippen LogP) is 0.348. The number of nitrogens with one attached hydrogen (secondary N) is 1. The summed E-state index contributed by atoms with van der Waals surface area (Å²) in [6.45, 7) is 11.0. The Morgan fingerprint density at radius 1 is 1.33 bits per heavy atom. The molecule has 0 radical (unpaired) electrons. The molecule has 1 saturated heterocycles. The van der Waals surface area contributed by atoms with E-state index >= 15 is 0 Å². The summed E-state index contributed by atoms with van der Waals surface area (Å²) in [6, 6.07) is 0.985. The molecule has 1 unspecified atom stereocenters. The van der Waals surface area contributed by atoms with Gasteiger partial charge in [-0.25, -0.2) is 0 Å². The van der Waals surface area contributed by atoms with Crippen molar-refractivity contribution in [2.75, 3.05) is 59.8 Å². The second-order valence-corrected chi connectivity index (χ2v) is 4.93. The highest BCUT2D eigenvalue weighted by Gasteiger charge is 2.22. The highest BCUT2D eigenvalue weighted by atomic mass is 16.5. The molecule has 0 aliphatic carbocycles. The predicted molar refractivity (Wildman–Crippen MR) is 72.0 cm³/mol. The van der Waals surface area contributed by atoms with Crippen molar-refractivity contribution in [1.29, 1.82) is 0 Å². The van der Waals surface area contributed by atoms with Gasteiger partial charge in [-0.05, 0) is 0 Å². The zero-order valence-electron chi connectivity index (χ0n) is 12.0. The molecule has 1 N–H and O–H groups in total. The Hall–Kier alpha value is -0.200. The number of morpholine rings is 1. The third kappa shape index (κ3) is 6.66. The second kappa shape index (κ2) is 9.69. The van der Waals surface area contributed by atoms with Crippen LogP contribution in [0.4, 0.5) is 0 Å². The van der Waals surface area contributed by atoms with Gasteiger partial charge in [-0.2, -0.15) is 0 Å². The molecule has 0 aromatic carbocycles. The lowest BCUT2D eigenvalue weighted by Gasteiger charge is -2.36. The number of nitrogens with zero attached hydrogens (tertiary/aromatic N) is 1. The Bertz CT molecular complexity index is 203. The fourth-order valence-corrected chi connectivity index (χ4v) is 1.97. The largest absolute Gasteiger partial charge is 0.382 e. The standard InChI is InChI=1S/C13H28N2O3/c1-12(2)14-10-13-11-18-7-5-15(13)4-6-17-9-8-16-3/h12-14H,4-11H2,1-3H3. The smallest absolute Gasteiger partial charge is 0.0700 e. The Kier molecular flexibility index (Phi) is 8.54. The first kappa shape index (κ1) is 15.9. The first-order valence-corrected chi connectivity index (χ1v) is 6.86. The van der Waals surface area contributed by atoms with Crippen molar-refractivity contribution in [1.82, 2.24) is 10.2 Å². The second-order valence-electron chi connectivity index (χ2n) is 4.93. The van der Waals surface area contributed by atoms with Gasteiger partial charge in [0.15, 0.2) is 0 Å². The fourth-order valence-electron chi connectivity index (χ4n) is 1.97. The Morgan fingerprint density at radius 2 is 2.17 bits per heavy atom. The zero-order chi connectivity index (χ0) is 13.2. The summed E-state index contributed by atoms with van der Waals surface area (Å²) in [5.41, 5.74) is 0. The highest BCUT2D eigenvalue weighted by Crippen LogP contribution is 2.06. The van der Waals surface area contributed by atoms with Gasteiger partial charge in [-0.15, -0.1) is 0 Å². The van der Waals surface area contributed by atoms with Crippen LogP contribution in [0.5, 0.6) is 0 Å². The van der Waals surface area contributed by atoms with Gasteiger partial charge in [0.2, 0.25) is 0 Å². The van der Waals surface area contributed by atoms with Crippen molar-refractivity contribution in [3.05, 3.63) is 0 Å². The van der Waals surface area contributed by atoms with E-state index in [1.165, 1.54) is 0 Å². The van der Waals surface area contributed by atoms with Crippen LogP contribution in [-0.2, 0) is 14.2 Å². The molecular weight excluding hydrogens is 232 g/mol. The summed E-state index contributed by atoms with van der Waals surface area (Å²) in [7, 11) is 1.69. The molecule has 1 aliphatic heterocycles. The van der Waals surface area contributed by atoms with Crippen LogP contribution < -0.4 is 5.32 Å². The van der Waals surface area contributed by atoms with E-state index in [9.17, 15) is 0 Å². The van der Waals surface area contributed by atoms with Crippen LogP contribution in [0.25, 0.3) is 0 Å². The number of rotatable bonds is 9. The van der Waals surface area contributed by atoms with E-state index in [4.69, 9.17) is 14.2 Å². The number of ether oxygens (including phenoxy) is 3. The summed E-state index contributed by atoms with van der Waals surface area (Å²) in [4.78, 5) is 2.45. The van der Waals surface area contributed by atoms with Gasteiger partial charge in [0.25, 0.3) is 0 Å². The molecule has 0 aromatic rings. The summed E-state index contributed by atoms with van der Waals surface area (Å²) in [5, 5.41) is 3.47. The molecule has 1 fully saturated rings. The van der Waals surface area contributed by atoms with Crippen LogP contribution >= 0.6 is 0 Å². The third-order valence-electron chi connectivity index (χ3n) is 3.07. The fraction of sp³-hybridized carbons (Fsp3) is 1.00. The van der Waals surface area contributed by atoms with Crippen LogP contribution in [0.3, 0.4) is 0 Å². The van der Waals surface area contributed by atoms with Crippen LogP contribution in [0.1, 0.15) is 13.8 Å². The number of methoxy groups -OCH3 is 1. The van der Waals surface area contributed by atoms with E-state index in [0.717, 1.165) is 39.5 Å². The molecule has 1 atom stereocenters. The van der Waals surface area contributed by atoms with Gasteiger partial charge in [0, 0.05) is 38.8 Å². The van der Waals surface area contributed by atoms with Gasteiger partial charge in [0.05, 0.1) is 33.0 Å². The minimum absolute atomic E-state index is 0.465. The Balaban J connectivity index is 2.17. The van der Waals surface area contributed by atoms with Crippen molar-refractivity contribution in [3.63, 3.8) is 0 Å². The monoisotopic (exact) mass is 260 g/mol. The maximum absolute atomic E-state index is 5.55. The maximum Gasteiger partial charge on any atom is 0.0700 e. The zero-order valence-corrected chi connectivity index (χ0v) is 12.0. The summed E-state index contributed by atoms with van der Waals surface area (Å²) >= 11 is 0. The molecule has 1 heterocycles. The van der Waals surface area contributed by atoms with Crippen LogP contribution in [0.15, 0.2) is 0 Å². The van der Waals surface area contributed by atoms with Gasteiger partial charge < -0.3 is 19.5 Å². The SMILES string of the molecule is COCCOCCN1CCOCC1CNC(C)C. The summed E-state index contributed by atoms with van der Waals surface area (Å²) in [5.74, 6) is 0. The normalized spacial score (nSPS) is 21.7. The molecule has 108 valence electrons. The lowest BCUT2D eigenvalue weighted by molar-refractivity contribution is -0.0233. The lowest BCUT2D eigenvalue weighted by Crippen LogP contribution is -2.52. The first-order valence-electron chi connectivity index (χ1n) is 6.86. The van der Waals surface area contributed by atoms with Gasteiger partial charge in [-0.1, -0.05) is 13.8 Å². The van der Waals surface area contributed by atoms with Crippen LogP contribution in [0.2, 0.25) is 0 Å². The minimum atomic E-state index is 0.465. The average molecular weight is 260 g/mol. The molecule has 1 rings (SSSR count). The molecular formula is C13H28N2O3. The number of hydrogen-bond donors (Lipinski definition) is 1. The van der Waals surface area contributed by atoms with E-state index in [-0.39, 0.29) is 0 Å². The van der Waals surface area contributed by atoms with Gasteiger partial charge in [-0.3, -0.25) is 4.90 Å². The van der Waals surface area contributed by atoms with Gasteiger partial charge >= 0.3 is 0 Å². The van der Waals surface area contributed by atoms with E-state index in [1.54, 1.807) is 7.11 Å². The van der Waals surface area contributed by atoms with Crippen molar-refractivity contribution < 1.29 is 14.2 Å². The van der Waals surface area contributed by atoms with Crippen molar-refractivity contribution >= 4 is 0 Å². The molecule has 18 heavy (non-hydrogen) atoms.